The van der Waals surface area contributed by atoms with Crippen molar-refractivity contribution in [1.29, 1.82) is 0 Å². The van der Waals surface area contributed by atoms with Crippen molar-refractivity contribution in [1.82, 2.24) is 4.98 Å². The summed E-state index contributed by atoms with van der Waals surface area (Å²) in [6.45, 7) is 9.80. The van der Waals surface area contributed by atoms with Crippen molar-refractivity contribution in [2.24, 2.45) is 5.14 Å². The summed E-state index contributed by atoms with van der Waals surface area (Å²) in [6.07, 6.45) is 3.22. The molecule has 3 aromatic carbocycles. The van der Waals surface area contributed by atoms with Gasteiger partial charge in [-0.05, 0) is 55.2 Å². The second-order valence-electron chi connectivity index (χ2n) is 9.61. The van der Waals surface area contributed by atoms with E-state index < -0.39 is 10.0 Å². The minimum atomic E-state index is -3.97. The zero-order chi connectivity index (χ0) is 27.3. The molecule has 6 rings (SSSR count). The fourth-order valence-electron chi connectivity index (χ4n) is 5.51. The van der Waals surface area contributed by atoms with Gasteiger partial charge in [0.25, 0.3) is 0 Å². The van der Waals surface area contributed by atoms with Crippen molar-refractivity contribution in [3.05, 3.63) is 77.1 Å². The fraction of sp³-hybridized carbons (Fsp3) is 0.207. The first-order chi connectivity index (χ1) is 18.8. The van der Waals surface area contributed by atoms with Crippen molar-refractivity contribution >= 4 is 49.6 Å². The van der Waals surface area contributed by atoms with Gasteiger partial charge in [0.05, 0.1) is 41.0 Å². The summed E-state index contributed by atoms with van der Waals surface area (Å²) in [5, 5.41) is 9.16. The lowest BCUT2D eigenvalue weighted by molar-refractivity contribution is 0.104. The number of hydrogen-bond acceptors (Lipinski definition) is 7. The number of nitrogens with one attached hydrogen (secondary N) is 1. The Balaban J connectivity index is 1.63. The number of primary sulfonamides is 1. The molecular formula is C29H25N5O4S. The molecule has 0 saturated carbocycles. The van der Waals surface area contributed by atoms with Crippen LogP contribution in [0, 0.1) is 6.57 Å². The highest BCUT2D eigenvalue weighted by atomic mass is 32.2. The van der Waals surface area contributed by atoms with Crippen LogP contribution in [0.4, 0.5) is 22.9 Å². The average Bonchev–Trinajstić information content (AvgIpc) is 2.95. The van der Waals surface area contributed by atoms with Crippen LogP contribution in [0.2, 0.25) is 0 Å². The number of aromatic nitrogens is 1. The third kappa shape index (κ3) is 4.07. The average molecular weight is 540 g/mol. The molecule has 4 aromatic rings. The van der Waals surface area contributed by atoms with E-state index in [2.05, 4.69) is 15.1 Å². The predicted molar refractivity (Wildman–Crippen MR) is 151 cm³/mol. The summed E-state index contributed by atoms with van der Waals surface area (Å²) in [5.41, 5.74) is 4.07. The van der Waals surface area contributed by atoms with Crippen molar-refractivity contribution in [3.63, 3.8) is 0 Å². The van der Waals surface area contributed by atoms with E-state index >= 15 is 0 Å². The third-order valence-electron chi connectivity index (χ3n) is 7.31. The number of carbonyl (C=O) groups excluding carboxylic acids is 1. The van der Waals surface area contributed by atoms with Crippen LogP contribution in [0.15, 0.2) is 59.5 Å². The first kappa shape index (κ1) is 24.9. The molecule has 1 aliphatic carbocycles. The Morgan fingerprint density at radius 2 is 1.74 bits per heavy atom. The molecule has 0 bridgehead atoms. The molecule has 0 unspecified atom stereocenters. The van der Waals surface area contributed by atoms with Crippen LogP contribution in [0.1, 0.15) is 35.2 Å². The highest BCUT2D eigenvalue weighted by Gasteiger charge is 2.33. The summed E-state index contributed by atoms with van der Waals surface area (Å²) in [4.78, 5) is 24.9. The zero-order valence-electron chi connectivity index (χ0n) is 21.2. The molecular weight excluding hydrogens is 514 g/mol. The van der Waals surface area contributed by atoms with Gasteiger partial charge in [-0.15, -0.1) is 0 Å². The third-order valence-corrected chi connectivity index (χ3v) is 8.22. The lowest BCUT2D eigenvalue weighted by atomic mass is 9.82. The smallest absolute Gasteiger partial charge is 0.238 e. The number of pyridine rings is 1. The maximum Gasteiger partial charge on any atom is 0.238 e. The number of fused-ring (bicyclic) bond motifs is 2. The quantitative estimate of drug-likeness (QED) is 0.288. The number of methoxy groups -OCH3 is 1. The highest BCUT2D eigenvalue weighted by Crippen LogP contribution is 2.50. The highest BCUT2D eigenvalue weighted by molar-refractivity contribution is 7.89. The van der Waals surface area contributed by atoms with Crippen LogP contribution in [-0.2, 0) is 10.0 Å². The van der Waals surface area contributed by atoms with Gasteiger partial charge in [-0.25, -0.2) is 23.4 Å². The fourth-order valence-corrected chi connectivity index (χ4v) is 6.05. The van der Waals surface area contributed by atoms with Crippen LogP contribution in [-0.4, -0.2) is 39.4 Å². The van der Waals surface area contributed by atoms with Gasteiger partial charge in [-0.2, -0.15) is 0 Å². The molecule has 10 heteroatoms. The van der Waals surface area contributed by atoms with E-state index in [0.29, 0.717) is 61.8 Å². The normalized spacial score (nSPS) is 14.6. The Kier molecular flexibility index (Phi) is 5.98. The number of hydrogen-bond donors (Lipinski definition) is 2. The first-order valence-corrected chi connectivity index (χ1v) is 14.1. The molecule has 1 aliphatic heterocycles. The van der Waals surface area contributed by atoms with Gasteiger partial charge >= 0.3 is 0 Å². The molecule has 1 fully saturated rings. The van der Waals surface area contributed by atoms with Crippen LogP contribution in [0.5, 0.6) is 5.75 Å². The number of piperidine rings is 1. The van der Waals surface area contributed by atoms with Crippen molar-refractivity contribution in [2.75, 3.05) is 30.4 Å². The number of ketones is 1. The van der Waals surface area contributed by atoms with Crippen molar-refractivity contribution in [3.8, 4) is 16.9 Å². The lowest BCUT2D eigenvalue weighted by Crippen LogP contribution is -2.30. The van der Waals surface area contributed by atoms with Gasteiger partial charge < -0.3 is 15.0 Å². The van der Waals surface area contributed by atoms with Crippen LogP contribution >= 0.6 is 0 Å². The van der Waals surface area contributed by atoms with E-state index in [-0.39, 0.29) is 10.7 Å². The van der Waals surface area contributed by atoms with E-state index in [1.54, 1.807) is 18.2 Å². The van der Waals surface area contributed by atoms with E-state index in [4.69, 9.17) is 21.4 Å². The van der Waals surface area contributed by atoms with Gasteiger partial charge in [-0.3, -0.25) is 4.79 Å². The number of sulfonamides is 1. The standard InChI is InChI=1S/C29H25N5O4S/c1-31-27-24-18-8-4-5-9-19(18)28(35)26-21(32-22-16-17(39(30,36)37)10-13-23(22)38-2)12-11-20(25(24)26)33-29(27)34-14-6-3-7-15-34/h4-5,8-13,16,32H,3,6-7,14-15H2,2H3,(H2,30,36,37). The largest absolute Gasteiger partial charge is 0.495 e. The number of anilines is 3. The predicted octanol–water partition coefficient (Wildman–Crippen LogP) is 5.39. The maximum atomic E-state index is 14.0. The zero-order valence-corrected chi connectivity index (χ0v) is 22.0. The summed E-state index contributed by atoms with van der Waals surface area (Å²) in [6, 6.07) is 15.1. The minimum Gasteiger partial charge on any atom is -0.495 e. The Hall–Kier alpha value is -4.46. The minimum absolute atomic E-state index is 0.0965. The number of nitrogens with two attached hydrogens (primary N) is 1. The molecule has 0 radical (unpaired) electrons. The molecule has 39 heavy (non-hydrogen) atoms. The van der Waals surface area contributed by atoms with E-state index in [0.717, 1.165) is 32.4 Å². The molecule has 9 nitrogen and oxygen atoms in total. The monoisotopic (exact) mass is 539 g/mol. The van der Waals surface area contributed by atoms with Gasteiger partial charge in [-0.1, -0.05) is 24.3 Å². The topological polar surface area (TPSA) is 119 Å². The van der Waals surface area contributed by atoms with Gasteiger partial charge in [0, 0.05) is 29.6 Å². The lowest BCUT2D eigenvalue weighted by Gasteiger charge is -2.31. The number of rotatable bonds is 5. The summed E-state index contributed by atoms with van der Waals surface area (Å²) in [7, 11) is -2.51. The van der Waals surface area contributed by atoms with Crippen molar-refractivity contribution < 1.29 is 17.9 Å². The molecule has 0 amide bonds. The molecule has 0 atom stereocenters. The van der Waals surface area contributed by atoms with Gasteiger partial charge in [0.15, 0.2) is 5.78 Å². The van der Waals surface area contributed by atoms with Crippen LogP contribution in [0.3, 0.4) is 0 Å². The van der Waals surface area contributed by atoms with E-state index in [9.17, 15) is 13.2 Å². The number of nitrogens with zero attached hydrogens (tertiary/aromatic N) is 3. The van der Waals surface area contributed by atoms with Gasteiger partial charge in [0.2, 0.25) is 15.7 Å². The second kappa shape index (κ2) is 9.38. The molecule has 1 saturated heterocycles. The van der Waals surface area contributed by atoms with Crippen LogP contribution < -0.4 is 20.1 Å². The molecule has 2 heterocycles. The number of ether oxygens (including phenoxy) is 1. The molecule has 196 valence electrons. The Labute approximate surface area is 226 Å². The van der Waals surface area contributed by atoms with E-state index in [1.165, 1.54) is 25.3 Å². The Bertz CT molecular complexity index is 1820. The molecule has 3 N–H and O–H groups in total. The van der Waals surface area contributed by atoms with Crippen LogP contribution in [0.25, 0.3) is 26.9 Å². The Morgan fingerprint density at radius 3 is 2.44 bits per heavy atom. The molecule has 2 aliphatic rings. The number of carbonyl (C=O) groups is 1. The van der Waals surface area contributed by atoms with Gasteiger partial charge in [0.1, 0.15) is 11.6 Å². The summed E-state index contributed by atoms with van der Waals surface area (Å²) < 4.78 is 29.5. The summed E-state index contributed by atoms with van der Waals surface area (Å²) >= 11 is 0. The SMILES string of the molecule is [C-]#[N+]c1c(N2CCCCC2)nc2ccc(Nc3cc(S(N)(=O)=O)ccc3OC)c3c2c1-c1ccccc1C3=O. The Morgan fingerprint density at radius 1 is 1.00 bits per heavy atom. The molecule has 0 spiro atoms. The second-order valence-corrected chi connectivity index (χ2v) is 11.2. The van der Waals surface area contributed by atoms with Crippen molar-refractivity contribution in [2.45, 2.75) is 24.2 Å². The number of benzene rings is 3. The maximum absolute atomic E-state index is 14.0. The van der Waals surface area contributed by atoms with E-state index in [1.807, 2.05) is 18.2 Å². The molecule has 1 aromatic heterocycles. The first-order valence-electron chi connectivity index (χ1n) is 12.6. The summed E-state index contributed by atoms with van der Waals surface area (Å²) in [5.74, 6) is 0.806.